The number of aryl methyl sites for hydroxylation is 1. The molecule has 2 unspecified atom stereocenters. The molecule has 0 aromatic heterocycles. The van der Waals surface area contributed by atoms with Gasteiger partial charge in [-0.05, 0) is 66.1 Å². The molecule has 3 aliphatic rings. The fourth-order valence-electron chi connectivity index (χ4n) is 4.64. The predicted molar refractivity (Wildman–Crippen MR) is 115 cm³/mol. The lowest BCUT2D eigenvalue weighted by Crippen LogP contribution is -2.41. The number of benzene rings is 2. The molecule has 1 fully saturated rings. The van der Waals surface area contributed by atoms with E-state index in [1.807, 2.05) is 6.07 Å². The summed E-state index contributed by atoms with van der Waals surface area (Å²) in [5.41, 5.74) is 4.90. The normalized spacial score (nSPS) is 27.6. The molecule has 2 aliphatic heterocycles. The van der Waals surface area contributed by atoms with Crippen LogP contribution in [0.15, 0.2) is 36.4 Å². The van der Waals surface area contributed by atoms with Crippen molar-refractivity contribution in [3.63, 3.8) is 0 Å². The minimum Gasteiger partial charge on any atom is -0.490 e. The van der Waals surface area contributed by atoms with E-state index in [9.17, 15) is 0 Å². The number of nitrogens with one attached hydrogen (secondary N) is 1. The highest BCUT2D eigenvalue weighted by atomic mass is 35.5. The van der Waals surface area contributed by atoms with Gasteiger partial charge in [0.15, 0.2) is 6.29 Å². The summed E-state index contributed by atoms with van der Waals surface area (Å²) in [6.07, 6.45) is 3.27. The van der Waals surface area contributed by atoms with Gasteiger partial charge in [0.05, 0.1) is 18.9 Å². The van der Waals surface area contributed by atoms with Crippen LogP contribution in [-0.2, 0) is 21.3 Å². The molecule has 0 radical (unpaired) electrons. The molecule has 154 valence electrons. The van der Waals surface area contributed by atoms with E-state index in [1.165, 1.54) is 11.1 Å². The summed E-state index contributed by atoms with van der Waals surface area (Å²) in [6, 6.07) is 12.6. The van der Waals surface area contributed by atoms with Crippen LogP contribution in [0.3, 0.4) is 0 Å². The SMILES string of the molecule is CC(C)COC1OC1c1ccc2c(c1)NC[C@@]1(CCCc3cc(Cl)ccc31)CO2. The first-order valence-corrected chi connectivity index (χ1v) is 11.0. The summed E-state index contributed by atoms with van der Waals surface area (Å²) in [6.45, 7) is 6.56. The zero-order valence-corrected chi connectivity index (χ0v) is 17.8. The molecule has 0 saturated carbocycles. The molecule has 2 heterocycles. The van der Waals surface area contributed by atoms with E-state index in [0.717, 1.165) is 54.4 Å². The molecule has 5 heteroatoms. The van der Waals surface area contributed by atoms with Gasteiger partial charge < -0.3 is 19.5 Å². The van der Waals surface area contributed by atoms with Crippen molar-refractivity contribution in [2.45, 2.75) is 50.9 Å². The van der Waals surface area contributed by atoms with Crippen molar-refractivity contribution in [3.05, 3.63) is 58.1 Å². The largest absolute Gasteiger partial charge is 0.490 e. The first-order valence-electron chi connectivity index (χ1n) is 10.6. The molecule has 1 aliphatic carbocycles. The van der Waals surface area contributed by atoms with Gasteiger partial charge in [-0.2, -0.15) is 0 Å². The number of anilines is 1. The fourth-order valence-corrected chi connectivity index (χ4v) is 4.84. The van der Waals surface area contributed by atoms with E-state index in [0.29, 0.717) is 12.5 Å². The number of epoxide rings is 1. The topological polar surface area (TPSA) is 43.0 Å². The average Bonchev–Trinajstić information content (AvgIpc) is 3.50. The predicted octanol–water partition coefficient (Wildman–Crippen LogP) is 5.49. The summed E-state index contributed by atoms with van der Waals surface area (Å²) in [5.74, 6) is 1.42. The Bertz CT molecular complexity index is 915. The highest BCUT2D eigenvalue weighted by Gasteiger charge is 2.43. The Morgan fingerprint density at radius 2 is 2.14 bits per heavy atom. The second-order valence-corrected chi connectivity index (χ2v) is 9.42. The van der Waals surface area contributed by atoms with E-state index >= 15 is 0 Å². The number of ether oxygens (including phenoxy) is 3. The van der Waals surface area contributed by atoms with Crippen molar-refractivity contribution < 1.29 is 14.2 Å². The monoisotopic (exact) mass is 413 g/mol. The highest BCUT2D eigenvalue weighted by molar-refractivity contribution is 6.30. The zero-order valence-electron chi connectivity index (χ0n) is 17.0. The van der Waals surface area contributed by atoms with Gasteiger partial charge in [-0.25, -0.2) is 0 Å². The van der Waals surface area contributed by atoms with Crippen molar-refractivity contribution in [2.75, 3.05) is 25.1 Å². The van der Waals surface area contributed by atoms with E-state index in [1.54, 1.807) is 0 Å². The van der Waals surface area contributed by atoms with E-state index < -0.39 is 0 Å². The average molecular weight is 414 g/mol. The van der Waals surface area contributed by atoms with E-state index in [4.69, 9.17) is 25.8 Å². The summed E-state index contributed by atoms with van der Waals surface area (Å²) in [7, 11) is 0. The third-order valence-corrected chi connectivity index (χ3v) is 6.47. The van der Waals surface area contributed by atoms with Crippen LogP contribution in [0.2, 0.25) is 5.02 Å². The Balaban J connectivity index is 1.34. The Hall–Kier alpha value is -1.75. The molecule has 5 rings (SSSR count). The number of hydrogen-bond acceptors (Lipinski definition) is 4. The van der Waals surface area contributed by atoms with Crippen LogP contribution in [0.5, 0.6) is 5.75 Å². The quantitative estimate of drug-likeness (QED) is 0.673. The molecule has 1 N–H and O–H groups in total. The van der Waals surface area contributed by atoms with Crippen LogP contribution in [0.1, 0.15) is 49.5 Å². The maximum Gasteiger partial charge on any atom is 0.189 e. The lowest BCUT2D eigenvalue weighted by Gasteiger charge is -2.37. The molecule has 0 amide bonds. The Labute approximate surface area is 177 Å². The third-order valence-electron chi connectivity index (χ3n) is 6.24. The standard InChI is InChI=1S/C24H28ClNO3/c1-15(2)12-27-23-22(29-23)17-5-8-21-20(11-17)26-13-24(14-28-21)9-3-4-16-10-18(25)6-7-19(16)24/h5-8,10-11,15,22-23,26H,3-4,9,12-14H2,1-2H3/t22?,23?,24-/m0/s1. The molecule has 2 aromatic rings. The summed E-state index contributed by atoms with van der Waals surface area (Å²) >= 11 is 6.24. The first kappa shape index (κ1) is 19.2. The van der Waals surface area contributed by atoms with Gasteiger partial charge in [-0.1, -0.05) is 37.6 Å². The van der Waals surface area contributed by atoms with Crippen LogP contribution in [0.25, 0.3) is 0 Å². The molecule has 1 saturated heterocycles. The second-order valence-electron chi connectivity index (χ2n) is 8.99. The van der Waals surface area contributed by atoms with Crippen LogP contribution < -0.4 is 10.1 Å². The molecule has 0 bridgehead atoms. The van der Waals surface area contributed by atoms with Crippen molar-refractivity contribution >= 4 is 17.3 Å². The first-order chi connectivity index (χ1) is 14.0. The molecule has 4 nitrogen and oxygen atoms in total. The van der Waals surface area contributed by atoms with Gasteiger partial charge in [0.2, 0.25) is 0 Å². The Morgan fingerprint density at radius 3 is 3.00 bits per heavy atom. The van der Waals surface area contributed by atoms with Gasteiger partial charge in [-0.3, -0.25) is 0 Å². The summed E-state index contributed by atoms with van der Waals surface area (Å²) in [4.78, 5) is 0. The third kappa shape index (κ3) is 3.74. The van der Waals surface area contributed by atoms with Crippen molar-refractivity contribution in [3.8, 4) is 5.75 Å². The fraction of sp³-hybridized carbons (Fsp3) is 0.500. The molecular formula is C24H28ClNO3. The molecule has 1 spiro atoms. The minimum atomic E-state index is -0.122. The van der Waals surface area contributed by atoms with Crippen molar-refractivity contribution in [2.24, 2.45) is 5.92 Å². The van der Waals surface area contributed by atoms with Gasteiger partial charge in [-0.15, -0.1) is 0 Å². The van der Waals surface area contributed by atoms with Crippen LogP contribution in [0, 0.1) is 5.92 Å². The van der Waals surface area contributed by atoms with Crippen molar-refractivity contribution in [1.29, 1.82) is 0 Å². The maximum absolute atomic E-state index is 6.32. The van der Waals surface area contributed by atoms with Crippen LogP contribution >= 0.6 is 11.6 Å². The lowest BCUT2D eigenvalue weighted by molar-refractivity contribution is 0.0342. The number of halogens is 1. The van der Waals surface area contributed by atoms with Gasteiger partial charge in [0, 0.05) is 17.0 Å². The van der Waals surface area contributed by atoms with Gasteiger partial charge >= 0.3 is 0 Å². The van der Waals surface area contributed by atoms with Gasteiger partial charge in [0.25, 0.3) is 0 Å². The van der Waals surface area contributed by atoms with Gasteiger partial charge in [0.1, 0.15) is 11.9 Å². The molecule has 3 atom stereocenters. The highest BCUT2D eigenvalue weighted by Crippen LogP contribution is 2.45. The zero-order chi connectivity index (χ0) is 20.0. The summed E-state index contributed by atoms with van der Waals surface area (Å²) < 4.78 is 17.9. The van der Waals surface area contributed by atoms with Crippen LogP contribution in [0.4, 0.5) is 5.69 Å². The van der Waals surface area contributed by atoms with E-state index in [-0.39, 0.29) is 17.8 Å². The Morgan fingerprint density at radius 1 is 1.24 bits per heavy atom. The molecular weight excluding hydrogens is 386 g/mol. The van der Waals surface area contributed by atoms with E-state index in [2.05, 4.69) is 49.5 Å². The number of rotatable bonds is 4. The Kier molecular flexibility index (Phi) is 4.97. The number of fused-ring (bicyclic) bond motifs is 3. The number of hydrogen-bond donors (Lipinski definition) is 1. The second kappa shape index (κ2) is 7.50. The molecule has 29 heavy (non-hydrogen) atoms. The van der Waals surface area contributed by atoms with Crippen molar-refractivity contribution in [1.82, 2.24) is 0 Å². The smallest absolute Gasteiger partial charge is 0.189 e. The minimum absolute atomic E-state index is 0.0175. The van der Waals surface area contributed by atoms with Crippen LogP contribution in [-0.4, -0.2) is 26.0 Å². The lowest BCUT2D eigenvalue weighted by atomic mass is 9.70. The maximum atomic E-state index is 6.32. The molecule has 2 aromatic carbocycles. The summed E-state index contributed by atoms with van der Waals surface area (Å²) in [5, 5.41) is 4.49.